The molecular formula is C17H15ClFNO3. The maximum absolute atomic E-state index is 13.6. The van der Waals surface area contributed by atoms with Crippen LogP contribution in [0.15, 0.2) is 36.4 Å². The molecule has 2 aromatic carbocycles. The second-order valence-corrected chi connectivity index (χ2v) is 5.50. The van der Waals surface area contributed by atoms with E-state index in [-0.39, 0.29) is 10.6 Å². The van der Waals surface area contributed by atoms with Crippen molar-refractivity contribution >= 4 is 29.2 Å². The van der Waals surface area contributed by atoms with Crippen molar-refractivity contribution in [3.05, 3.63) is 63.9 Å². The number of amides is 1. The highest BCUT2D eigenvalue weighted by Crippen LogP contribution is 2.17. The number of anilines is 1. The van der Waals surface area contributed by atoms with Crippen LogP contribution in [-0.2, 0) is 9.53 Å². The minimum Gasteiger partial charge on any atom is -0.452 e. The highest BCUT2D eigenvalue weighted by atomic mass is 35.5. The molecule has 120 valence electrons. The first-order chi connectivity index (χ1) is 10.9. The van der Waals surface area contributed by atoms with Crippen LogP contribution in [0.5, 0.6) is 0 Å². The Labute approximate surface area is 138 Å². The highest BCUT2D eigenvalue weighted by Gasteiger charge is 2.15. The maximum atomic E-state index is 13.6. The molecule has 0 radical (unpaired) electrons. The molecule has 0 spiro atoms. The molecule has 0 aromatic heterocycles. The topological polar surface area (TPSA) is 55.4 Å². The van der Waals surface area contributed by atoms with Gasteiger partial charge in [-0.15, -0.1) is 0 Å². The van der Waals surface area contributed by atoms with Crippen LogP contribution in [0.1, 0.15) is 21.5 Å². The van der Waals surface area contributed by atoms with Crippen LogP contribution in [0.2, 0.25) is 5.02 Å². The van der Waals surface area contributed by atoms with Gasteiger partial charge in [-0.25, -0.2) is 9.18 Å². The van der Waals surface area contributed by atoms with Gasteiger partial charge in [-0.3, -0.25) is 4.79 Å². The van der Waals surface area contributed by atoms with Gasteiger partial charge in [-0.05, 0) is 43.7 Å². The van der Waals surface area contributed by atoms with E-state index in [1.54, 1.807) is 6.07 Å². The van der Waals surface area contributed by atoms with Crippen LogP contribution in [0.4, 0.5) is 10.1 Å². The number of hydrogen-bond acceptors (Lipinski definition) is 3. The second-order valence-electron chi connectivity index (χ2n) is 5.07. The quantitative estimate of drug-likeness (QED) is 0.862. The number of rotatable bonds is 4. The van der Waals surface area contributed by atoms with Gasteiger partial charge in [-0.2, -0.15) is 0 Å². The Balaban J connectivity index is 1.94. The molecule has 0 atom stereocenters. The Kier molecular flexibility index (Phi) is 5.34. The molecular weight excluding hydrogens is 321 g/mol. The fourth-order valence-electron chi connectivity index (χ4n) is 2.00. The van der Waals surface area contributed by atoms with Crippen molar-refractivity contribution in [2.75, 3.05) is 11.9 Å². The van der Waals surface area contributed by atoms with E-state index in [2.05, 4.69) is 5.32 Å². The van der Waals surface area contributed by atoms with E-state index in [0.717, 1.165) is 17.2 Å². The first kappa shape index (κ1) is 17.0. The number of esters is 1. The van der Waals surface area contributed by atoms with Gasteiger partial charge in [0.15, 0.2) is 6.61 Å². The lowest BCUT2D eigenvalue weighted by Gasteiger charge is -2.10. The third-order valence-electron chi connectivity index (χ3n) is 3.14. The van der Waals surface area contributed by atoms with Gasteiger partial charge in [-0.1, -0.05) is 29.3 Å². The number of halogens is 2. The standard InChI is InChI=1S/C17H15ClFNO3/c1-10-3-6-15(11(2)7-10)20-16(21)9-23-17(22)13-5-4-12(18)8-14(13)19/h3-8H,9H2,1-2H3,(H,20,21). The molecule has 6 heteroatoms. The Morgan fingerprint density at radius 3 is 2.57 bits per heavy atom. The van der Waals surface area contributed by atoms with E-state index in [0.29, 0.717) is 5.69 Å². The van der Waals surface area contributed by atoms with Crippen LogP contribution in [0, 0.1) is 19.7 Å². The number of ether oxygens (including phenoxy) is 1. The van der Waals surface area contributed by atoms with Crippen molar-refractivity contribution in [3.8, 4) is 0 Å². The number of hydrogen-bond donors (Lipinski definition) is 1. The summed E-state index contributed by atoms with van der Waals surface area (Å²) in [6.45, 7) is 3.30. The summed E-state index contributed by atoms with van der Waals surface area (Å²) in [6.07, 6.45) is 0. The first-order valence-corrected chi connectivity index (χ1v) is 7.24. The zero-order valence-corrected chi connectivity index (χ0v) is 13.4. The van der Waals surface area contributed by atoms with Gasteiger partial charge in [0.05, 0.1) is 5.56 Å². The predicted octanol–water partition coefficient (Wildman–Crippen LogP) is 3.89. The lowest BCUT2D eigenvalue weighted by atomic mass is 10.1. The summed E-state index contributed by atoms with van der Waals surface area (Å²) in [5.74, 6) is -2.22. The SMILES string of the molecule is Cc1ccc(NC(=O)COC(=O)c2ccc(Cl)cc2F)c(C)c1. The van der Waals surface area contributed by atoms with Crippen molar-refractivity contribution in [1.82, 2.24) is 0 Å². The normalized spacial score (nSPS) is 10.3. The minimum atomic E-state index is -0.921. The van der Waals surface area contributed by atoms with Crippen LogP contribution < -0.4 is 5.32 Å². The molecule has 0 saturated carbocycles. The van der Waals surface area contributed by atoms with E-state index >= 15 is 0 Å². The summed E-state index contributed by atoms with van der Waals surface area (Å²) < 4.78 is 18.4. The number of benzene rings is 2. The van der Waals surface area contributed by atoms with Crippen molar-refractivity contribution < 1.29 is 18.7 Å². The maximum Gasteiger partial charge on any atom is 0.341 e. The molecule has 4 nitrogen and oxygen atoms in total. The Hall–Kier alpha value is -2.40. The molecule has 1 N–H and O–H groups in total. The van der Waals surface area contributed by atoms with Gasteiger partial charge >= 0.3 is 5.97 Å². The molecule has 2 rings (SSSR count). The summed E-state index contributed by atoms with van der Waals surface area (Å²) >= 11 is 5.61. The predicted molar refractivity (Wildman–Crippen MR) is 86.2 cm³/mol. The highest BCUT2D eigenvalue weighted by molar-refractivity contribution is 6.30. The Bertz CT molecular complexity index is 761. The van der Waals surface area contributed by atoms with E-state index in [1.165, 1.54) is 12.1 Å². The van der Waals surface area contributed by atoms with Gasteiger partial charge in [0.2, 0.25) is 0 Å². The van der Waals surface area contributed by atoms with E-state index in [1.807, 2.05) is 26.0 Å². The zero-order chi connectivity index (χ0) is 17.0. The summed E-state index contributed by atoms with van der Waals surface area (Å²) in [5.41, 5.74) is 2.33. The number of aryl methyl sites for hydroxylation is 2. The summed E-state index contributed by atoms with van der Waals surface area (Å²) in [5, 5.41) is 2.81. The Morgan fingerprint density at radius 2 is 1.91 bits per heavy atom. The summed E-state index contributed by atoms with van der Waals surface area (Å²) in [6, 6.07) is 9.14. The molecule has 1 amide bonds. The largest absolute Gasteiger partial charge is 0.452 e. The van der Waals surface area contributed by atoms with Gasteiger partial charge in [0.25, 0.3) is 5.91 Å². The lowest BCUT2D eigenvalue weighted by Crippen LogP contribution is -2.21. The van der Waals surface area contributed by atoms with Crippen molar-refractivity contribution in [2.45, 2.75) is 13.8 Å². The fraction of sp³-hybridized carbons (Fsp3) is 0.176. The number of nitrogens with one attached hydrogen (secondary N) is 1. The number of carbonyl (C=O) groups excluding carboxylic acids is 2. The van der Waals surface area contributed by atoms with Crippen molar-refractivity contribution in [2.24, 2.45) is 0 Å². The third-order valence-corrected chi connectivity index (χ3v) is 3.38. The molecule has 2 aromatic rings. The minimum absolute atomic E-state index is 0.173. The monoisotopic (exact) mass is 335 g/mol. The average molecular weight is 336 g/mol. The van der Waals surface area contributed by atoms with Crippen LogP contribution in [0.3, 0.4) is 0 Å². The average Bonchev–Trinajstić information content (AvgIpc) is 2.48. The van der Waals surface area contributed by atoms with Crippen LogP contribution in [-0.4, -0.2) is 18.5 Å². The van der Waals surface area contributed by atoms with Crippen LogP contribution >= 0.6 is 11.6 Å². The molecule has 0 fully saturated rings. The molecule has 0 aliphatic heterocycles. The van der Waals surface area contributed by atoms with E-state index < -0.39 is 24.3 Å². The molecule has 0 unspecified atom stereocenters. The number of carbonyl (C=O) groups is 2. The lowest BCUT2D eigenvalue weighted by molar-refractivity contribution is -0.119. The smallest absolute Gasteiger partial charge is 0.341 e. The van der Waals surface area contributed by atoms with Gasteiger partial charge < -0.3 is 10.1 Å². The third kappa shape index (κ3) is 4.53. The van der Waals surface area contributed by atoms with Gasteiger partial charge in [0.1, 0.15) is 5.82 Å². The summed E-state index contributed by atoms with van der Waals surface area (Å²) in [4.78, 5) is 23.6. The molecule has 0 saturated heterocycles. The van der Waals surface area contributed by atoms with Crippen molar-refractivity contribution in [1.29, 1.82) is 0 Å². The molecule has 0 heterocycles. The first-order valence-electron chi connectivity index (χ1n) is 6.86. The van der Waals surface area contributed by atoms with E-state index in [9.17, 15) is 14.0 Å². The molecule has 0 bridgehead atoms. The van der Waals surface area contributed by atoms with Gasteiger partial charge in [0, 0.05) is 10.7 Å². The summed E-state index contributed by atoms with van der Waals surface area (Å²) in [7, 11) is 0. The molecule has 0 aliphatic rings. The molecule has 0 aliphatic carbocycles. The fourth-order valence-corrected chi connectivity index (χ4v) is 2.16. The Morgan fingerprint density at radius 1 is 1.17 bits per heavy atom. The van der Waals surface area contributed by atoms with E-state index in [4.69, 9.17) is 16.3 Å². The molecule has 23 heavy (non-hydrogen) atoms. The van der Waals surface area contributed by atoms with Crippen molar-refractivity contribution in [3.63, 3.8) is 0 Å². The van der Waals surface area contributed by atoms with Crippen LogP contribution in [0.25, 0.3) is 0 Å². The second kappa shape index (κ2) is 7.24. The zero-order valence-electron chi connectivity index (χ0n) is 12.7.